The molecule has 3 rings (SSSR count). The highest BCUT2D eigenvalue weighted by Crippen LogP contribution is 2.57. The Morgan fingerprint density at radius 3 is 1.45 bits per heavy atom. The van der Waals surface area contributed by atoms with Gasteiger partial charge < -0.3 is 0 Å². The first kappa shape index (κ1) is 25.0. The van der Waals surface area contributed by atoms with Crippen molar-refractivity contribution in [2.75, 3.05) is 0 Å². The molecule has 1 aliphatic carbocycles. The van der Waals surface area contributed by atoms with E-state index in [1.807, 2.05) is 0 Å². The first-order valence-corrected chi connectivity index (χ1v) is 14.2. The van der Waals surface area contributed by atoms with Gasteiger partial charge in [-0.15, -0.1) is 0 Å². The molecule has 0 unspecified atom stereocenters. The third kappa shape index (κ3) is 5.49. The van der Waals surface area contributed by atoms with Gasteiger partial charge in [0.1, 0.15) is 0 Å². The van der Waals surface area contributed by atoms with Crippen LogP contribution in [0.25, 0.3) is 11.1 Å². The highest BCUT2D eigenvalue weighted by atomic mass is 79.9. The number of hydrogen-bond donors (Lipinski definition) is 0. The van der Waals surface area contributed by atoms with Crippen molar-refractivity contribution >= 4 is 31.9 Å². The van der Waals surface area contributed by atoms with E-state index in [0.29, 0.717) is 0 Å². The summed E-state index contributed by atoms with van der Waals surface area (Å²) in [5.74, 6) is 1.56. The van der Waals surface area contributed by atoms with Crippen LogP contribution in [0.3, 0.4) is 0 Å². The third-order valence-electron chi connectivity index (χ3n) is 7.65. The molecule has 2 aromatic rings. The number of rotatable bonds is 12. The van der Waals surface area contributed by atoms with E-state index in [2.05, 4.69) is 96.0 Å². The SMILES string of the molecule is CCCC[C@@H](CC)CC1(C[C@H](CC)CCCC)c2cc(Br)ccc2-c2ccc(Br)cc21. The summed E-state index contributed by atoms with van der Waals surface area (Å²) in [5, 5.41) is 0. The van der Waals surface area contributed by atoms with E-state index >= 15 is 0 Å². The minimum Gasteiger partial charge on any atom is -0.0654 e. The largest absolute Gasteiger partial charge is 0.0654 e. The lowest BCUT2D eigenvalue weighted by Crippen LogP contribution is -2.31. The molecule has 2 aromatic carbocycles. The third-order valence-corrected chi connectivity index (χ3v) is 8.63. The van der Waals surface area contributed by atoms with Crippen LogP contribution >= 0.6 is 31.9 Å². The quantitative estimate of drug-likeness (QED) is 0.248. The normalized spacial score (nSPS) is 16.1. The molecule has 0 bridgehead atoms. The Labute approximate surface area is 207 Å². The maximum atomic E-state index is 3.82. The monoisotopic (exact) mass is 546 g/mol. The lowest BCUT2D eigenvalue weighted by molar-refractivity contribution is 0.266. The zero-order valence-electron chi connectivity index (χ0n) is 19.9. The molecule has 2 atom stereocenters. The predicted octanol–water partition coefficient (Wildman–Crippen LogP) is 10.7. The molecule has 0 amide bonds. The zero-order chi connectivity index (χ0) is 22.4. The molecule has 0 fully saturated rings. The van der Waals surface area contributed by atoms with Crippen LogP contribution in [0.15, 0.2) is 45.3 Å². The van der Waals surface area contributed by atoms with Crippen LogP contribution in [-0.2, 0) is 5.41 Å². The lowest BCUT2D eigenvalue weighted by Gasteiger charge is -2.38. The smallest absolute Gasteiger partial charge is 0.0221 e. The molecule has 0 aromatic heterocycles. The van der Waals surface area contributed by atoms with Gasteiger partial charge in [-0.2, -0.15) is 0 Å². The summed E-state index contributed by atoms with van der Waals surface area (Å²) in [4.78, 5) is 0. The minimum absolute atomic E-state index is 0.126. The first-order chi connectivity index (χ1) is 15.0. The lowest BCUT2D eigenvalue weighted by atomic mass is 9.65. The summed E-state index contributed by atoms with van der Waals surface area (Å²) in [7, 11) is 0. The average Bonchev–Trinajstić information content (AvgIpc) is 3.02. The fourth-order valence-corrected chi connectivity index (χ4v) is 6.56. The summed E-state index contributed by atoms with van der Waals surface area (Å²) >= 11 is 7.63. The number of halogens is 2. The van der Waals surface area contributed by atoms with Crippen molar-refractivity contribution in [3.8, 4) is 11.1 Å². The zero-order valence-corrected chi connectivity index (χ0v) is 23.1. The molecule has 0 aliphatic heterocycles. The molecule has 0 spiro atoms. The maximum Gasteiger partial charge on any atom is 0.0221 e. The summed E-state index contributed by atoms with van der Waals surface area (Å²) < 4.78 is 2.43. The van der Waals surface area contributed by atoms with Crippen LogP contribution < -0.4 is 0 Å². The van der Waals surface area contributed by atoms with Crippen LogP contribution in [-0.4, -0.2) is 0 Å². The van der Waals surface area contributed by atoms with Crippen molar-refractivity contribution in [1.29, 1.82) is 0 Å². The van der Waals surface area contributed by atoms with Crippen molar-refractivity contribution in [3.63, 3.8) is 0 Å². The summed E-state index contributed by atoms with van der Waals surface area (Å²) in [6, 6.07) is 14.1. The van der Waals surface area contributed by atoms with Crippen molar-refractivity contribution in [3.05, 3.63) is 56.5 Å². The van der Waals surface area contributed by atoms with E-state index in [0.717, 1.165) is 11.8 Å². The van der Waals surface area contributed by atoms with Crippen LogP contribution in [0.2, 0.25) is 0 Å². The van der Waals surface area contributed by atoms with Gasteiger partial charge in [0.2, 0.25) is 0 Å². The Kier molecular flexibility index (Phi) is 9.29. The molecule has 0 heterocycles. The molecule has 170 valence electrons. The van der Waals surface area contributed by atoms with E-state index in [-0.39, 0.29) is 5.41 Å². The van der Waals surface area contributed by atoms with Gasteiger partial charge in [-0.25, -0.2) is 0 Å². The molecule has 0 nitrogen and oxygen atoms in total. The molecule has 0 radical (unpaired) electrons. The average molecular weight is 548 g/mol. The Morgan fingerprint density at radius 1 is 0.677 bits per heavy atom. The van der Waals surface area contributed by atoms with Gasteiger partial charge in [0.15, 0.2) is 0 Å². The Hall–Kier alpha value is -0.600. The second kappa shape index (κ2) is 11.5. The van der Waals surface area contributed by atoms with E-state index in [1.165, 1.54) is 84.3 Å². The number of benzene rings is 2. The summed E-state index contributed by atoms with van der Waals surface area (Å²) in [6.45, 7) is 9.46. The van der Waals surface area contributed by atoms with E-state index < -0.39 is 0 Å². The van der Waals surface area contributed by atoms with Gasteiger partial charge >= 0.3 is 0 Å². The summed E-state index contributed by atoms with van der Waals surface area (Å²) in [5.41, 5.74) is 6.18. The van der Waals surface area contributed by atoms with Crippen molar-refractivity contribution in [1.82, 2.24) is 0 Å². The Balaban J connectivity index is 2.16. The van der Waals surface area contributed by atoms with Crippen LogP contribution in [0.5, 0.6) is 0 Å². The topological polar surface area (TPSA) is 0 Å². The fourth-order valence-electron chi connectivity index (χ4n) is 5.84. The Bertz CT molecular complexity index is 782. The van der Waals surface area contributed by atoms with Gasteiger partial charge in [-0.05, 0) is 71.2 Å². The van der Waals surface area contributed by atoms with Crippen molar-refractivity contribution < 1.29 is 0 Å². The molecule has 2 heteroatoms. The minimum atomic E-state index is 0.126. The molecule has 0 N–H and O–H groups in total. The van der Waals surface area contributed by atoms with Crippen LogP contribution in [0.4, 0.5) is 0 Å². The number of fused-ring (bicyclic) bond motifs is 3. The van der Waals surface area contributed by atoms with Gasteiger partial charge in [-0.3, -0.25) is 0 Å². The highest BCUT2D eigenvalue weighted by molar-refractivity contribution is 9.10. The van der Waals surface area contributed by atoms with Crippen molar-refractivity contribution in [2.24, 2.45) is 11.8 Å². The predicted molar refractivity (Wildman–Crippen MR) is 144 cm³/mol. The second-order valence-corrected chi connectivity index (χ2v) is 11.5. The van der Waals surface area contributed by atoms with Crippen LogP contribution in [0.1, 0.15) is 103 Å². The number of hydrogen-bond acceptors (Lipinski definition) is 0. The molecular weight excluding hydrogens is 508 g/mol. The standard InChI is InChI=1S/C29H40Br2/c1-5-9-11-21(7-3)19-29(20-22(8-4)12-10-6-2)27-17-23(30)13-15-25(27)26-16-14-24(31)18-28(26)29/h13-18,21-22H,5-12,19-20H2,1-4H3/t21-,22-/m1/s1. The molecule has 0 saturated carbocycles. The Morgan fingerprint density at radius 2 is 1.10 bits per heavy atom. The van der Waals surface area contributed by atoms with E-state index in [1.54, 1.807) is 11.1 Å². The van der Waals surface area contributed by atoms with Gasteiger partial charge in [0, 0.05) is 14.4 Å². The van der Waals surface area contributed by atoms with Gasteiger partial charge in [-0.1, -0.05) is 123 Å². The molecular formula is C29H40Br2. The van der Waals surface area contributed by atoms with Crippen molar-refractivity contribution in [2.45, 2.75) is 97.3 Å². The molecule has 31 heavy (non-hydrogen) atoms. The van der Waals surface area contributed by atoms with Gasteiger partial charge in [0.05, 0.1) is 0 Å². The highest BCUT2D eigenvalue weighted by Gasteiger charge is 2.45. The summed E-state index contributed by atoms with van der Waals surface area (Å²) in [6.07, 6.45) is 13.1. The van der Waals surface area contributed by atoms with Gasteiger partial charge in [0.25, 0.3) is 0 Å². The molecule has 1 aliphatic rings. The second-order valence-electron chi connectivity index (χ2n) is 9.70. The fraction of sp³-hybridized carbons (Fsp3) is 0.586. The first-order valence-electron chi connectivity index (χ1n) is 12.6. The van der Waals surface area contributed by atoms with E-state index in [4.69, 9.17) is 0 Å². The molecule has 0 saturated heterocycles. The van der Waals surface area contributed by atoms with Crippen LogP contribution in [0, 0.1) is 11.8 Å². The maximum absolute atomic E-state index is 3.82. The number of unbranched alkanes of at least 4 members (excludes halogenated alkanes) is 2. The van der Waals surface area contributed by atoms with E-state index in [9.17, 15) is 0 Å².